The SMILES string of the molecule is Cc1cc(-n2nc3c(c2-n2ccn(-c4ccc(N5CCCS5(=O)=O)cc4)c2=O)C(C)N(C(=O)c2cc4cc(C5CCOCC5)ccc4n2C2(c4noc(=O)[nH]4)CC2C)CC3)cc(C)c1F. The van der Waals surface area contributed by atoms with Gasteiger partial charge in [-0.25, -0.2) is 27.1 Å². The monoisotopic (exact) mass is 901 g/mol. The van der Waals surface area contributed by atoms with E-state index < -0.39 is 33.0 Å². The smallest absolute Gasteiger partial charge is 0.381 e. The second-order valence-electron chi connectivity index (χ2n) is 18.0. The topological polar surface area (TPSA) is 175 Å². The van der Waals surface area contributed by atoms with Gasteiger partial charge >= 0.3 is 11.4 Å². The van der Waals surface area contributed by atoms with Gasteiger partial charge in [-0.15, -0.1) is 0 Å². The van der Waals surface area contributed by atoms with Crippen molar-refractivity contribution in [2.45, 2.75) is 77.3 Å². The Balaban J connectivity index is 1.03. The lowest BCUT2D eigenvalue weighted by Gasteiger charge is -2.34. The Kier molecular flexibility index (Phi) is 9.52. The number of hydrogen-bond donors (Lipinski definition) is 1. The van der Waals surface area contributed by atoms with Crippen molar-refractivity contribution >= 4 is 32.5 Å². The van der Waals surface area contributed by atoms with Gasteiger partial charge in [-0.05, 0) is 130 Å². The molecule has 4 aliphatic rings. The van der Waals surface area contributed by atoms with Gasteiger partial charge < -0.3 is 14.2 Å². The number of hydrogen-bond acceptors (Lipinski definition) is 9. The molecule has 336 valence electrons. The Labute approximate surface area is 372 Å². The summed E-state index contributed by atoms with van der Waals surface area (Å²) in [5.41, 5.74) is 4.98. The van der Waals surface area contributed by atoms with E-state index in [-0.39, 0.29) is 23.4 Å². The molecule has 1 saturated carbocycles. The van der Waals surface area contributed by atoms with E-state index in [9.17, 15) is 18.0 Å². The molecule has 0 bridgehead atoms. The number of anilines is 1. The highest BCUT2D eigenvalue weighted by Gasteiger charge is 2.59. The average Bonchev–Trinajstić information content (AvgIpc) is 3.92. The number of sulfonamides is 1. The molecule has 11 rings (SSSR count). The molecule has 3 aromatic carbocycles. The third-order valence-corrected chi connectivity index (χ3v) is 16.0. The van der Waals surface area contributed by atoms with Crippen molar-refractivity contribution in [3.63, 3.8) is 0 Å². The van der Waals surface area contributed by atoms with Crippen molar-refractivity contribution < 1.29 is 26.9 Å². The van der Waals surface area contributed by atoms with Crippen molar-refractivity contribution in [2.75, 3.05) is 36.4 Å². The molecule has 0 radical (unpaired) electrons. The minimum absolute atomic E-state index is 0.0128. The van der Waals surface area contributed by atoms with Gasteiger partial charge in [0.1, 0.15) is 22.9 Å². The summed E-state index contributed by atoms with van der Waals surface area (Å²) in [6.07, 6.45) is 6.64. The van der Waals surface area contributed by atoms with Crippen LogP contribution in [0.1, 0.15) is 95.8 Å². The lowest BCUT2D eigenvalue weighted by atomic mass is 9.91. The number of nitrogens with one attached hydrogen (secondary N) is 1. The molecule has 18 heteroatoms. The summed E-state index contributed by atoms with van der Waals surface area (Å²) in [5.74, 6) is -0.0465. The van der Waals surface area contributed by atoms with Crippen LogP contribution in [0.15, 0.2) is 87.2 Å². The molecule has 4 aromatic heterocycles. The zero-order chi connectivity index (χ0) is 45.1. The number of aromatic nitrogens is 7. The molecular formula is C47H48FN9O7S. The first kappa shape index (κ1) is 41.2. The molecule has 0 spiro atoms. The first-order valence-electron chi connectivity index (χ1n) is 22.2. The molecule has 3 unspecified atom stereocenters. The highest BCUT2D eigenvalue weighted by molar-refractivity contribution is 7.93. The third-order valence-electron chi connectivity index (χ3n) is 14.2. The highest BCUT2D eigenvalue weighted by atomic mass is 32.2. The van der Waals surface area contributed by atoms with E-state index >= 15 is 9.18 Å². The van der Waals surface area contributed by atoms with Gasteiger partial charge in [0.2, 0.25) is 10.0 Å². The number of benzene rings is 3. The Morgan fingerprint density at radius 2 is 1.62 bits per heavy atom. The molecule has 3 atom stereocenters. The Bertz CT molecular complexity index is 3280. The van der Waals surface area contributed by atoms with Crippen LogP contribution in [0.5, 0.6) is 0 Å². The number of halogens is 1. The number of rotatable bonds is 8. The summed E-state index contributed by atoms with van der Waals surface area (Å²) >= 11 is 0. The number of fused-ring (bicyclic) bond motifs is 2. The maximum Gasteiger partial charge on any atom is 0.438 e. The van der Waals surface area contributed by atoms with Gasteiger partial charge in [-0.1, -0.05) is 18.1 Å². The van der Waals surface area contributed by atoms with Crippen LogP contribution in [-0.2, 0) is 26.7 Å². The van der Waals surface area contributed by atoms with Crippen LogP contribution in [0, 0.1) is 25.6 Å². The van der Waals surface area contributed by atoms with Gasteiger partial charge in [-0.2, -0.15) is 5.10 Å². The summed E-state index contributed by atoms with van der Waals surface area (Å²) in [6.45, 7) is 9.47. The maximum atomic E-state index is 15.5. The quantitative estimate of drug-likeness (QED) is 0.187. The van der Waals surface area contributed by atoms with Crippen LogP contribution >= 0.6 is 0 Å². The normalized spacial score (nSPS) is 21.9. The van der Waals surface area contributed by atoms with Crippen LogP contribution in [0.25, 0.3) is 28.1 Å². The lowest BCUT2D eigenvalue weighted by Crippen LogP contribution is -2.41. The summed E-state index contributed by atoms with van der Waals surface area (Å²) in [7, 11) is -3.39. The number of carbonyl (C=O) groups excluding carboxylic acids is 1. The van der Waals surface area contributed by atoms with Crippen LogP contribution < -0.4 is 15.8 Å². The third kappa shape index (κ3) is 6.46. The van der Waals surface area contributed by atoms with Crippen molar-refractivity contribution in [1.82, 2.24) is 38.5 Å². The van der Waals surface area contributed by atoms with Crippen LogP contribution in [-0.4, -0.2) is 84.9 Å². The molecule has 16 nitrogen and oxygen atoms in total. The molecule has 3 fully saturated rings. The fraction of sp³-hybridized carbons (Fsp3) is 0.383. The number of imidazole rings is 1. The molecule has 7 heterocycles. The predicted octanol–water partition coefficient (Wildman–Crippen LogP) is 6.18. The minimum Gasteiger partial charge on any atom is -0.381 e. The zero-order valence-electron chi connectivity index (χ0n) is 36.5. The average molecular weight is 902 g/mol. The molecule has 1 N–H and O–H groups in total. The van der Waals surface area contributed by atoms with Crippen molar-refractivity contribution in [3.8, 4) is 17.2 Å². The highest BCUT2D eigenvalue weighted by Crippen LogP contribution is 2.56. The first-order valence-corrected chi connectivity index (χ1v) is 23.8. The van der Waals surface area contributed by atoms with E-state index in [0.717, 1.165) is 23.7 Å². The second-order valence-corrected chi connectivity index (χ2v) is 20.0. The largest absolute Gasteiger partial charge is 0.438 e. The number of amides is 1. The van der Waals surface area contributed by atoms with Gasteiger partial charge in [0, 0.05) is 61.6 Å². The summed E-state index contributed by atoms with van der Waals surface area (Å²) in [4.78, 5) is 47.1. The Morgan fingerprint density at radius 1 is 0.908 bits per heavy atom. The molecule has 2 saturated heterocycles. The van der Waals surface area contributed by atoms with Crippen LogP contribution in [0.2, 0.25) is 0 Å². The summed E-state index contributed by atoms with van der Waals surface area (Å²) in [5, 5.41) is 10.1. The van der Waals surface area contributed by atoms with Crippen LogP contribution in [0.3, 0.4) is 0 Å². The Morgan fingerprint density at radius 3 is 2.28 bits per heavy atom. The van der Waals surface area contributed by atoms with E-state index in [1.807, 2.05) is 22.5 Å². The number of aryl methyl sites for hydroxylation is 2. The van der Waals surface area contributed by atoms with E-state index in [0.29, 0.717) is 108 Å². The number of carbonyl (C=O) groups is 1. The van der Waals surface area contributed by atoms with Gasteiger partial charge in [-0.3, -0.25) is 27.7 Å². The standard InChI is InChI=1S/C47H48FN9O7S/c1-27-22-36(23-28(2)41(27)48)57-42(54-18-17-53(46(54)60)34-7-9-35(10-8-34)55-15-5-21-65(55,61)62)40-30(4)52(16-12-37(40)50-57)43(58)39-25-33-24-32(31-13-19-63-20-14-31)6-11-38(33)56(39)47(26-29(47)3)44-49-45(59)64-51-44/h6-11,17-18,22-25,29-31H,5,12-16,19-21,26H2,1-4H3,(H,49,51,59). The van der Waals surface area contributed by atoms with Gasteiger partial charge in [0.25, 0.3) is 5.91 Å². The number of ether oxygens (including phenoxy) is 1. The Hall–Kier alpha value is -6.53. The molecule has 1 amide bonds. The van der Waals surface area contributed by atoms with Crippen molar-refractivity contribution in [1.29, 1.82) is 0 Å². The van der Waals surface area contributed by atoms with E-state index in [1.54, 1.807) is 67.3 Å². The van der Waals surface area contributed by atoms with Crippen molar-refractivity contribution in [2.24, 2.45) is 5.92 Å². The van der Waals surface area contributed by atoms with Gasteiger partial charge in [0.15, 0.2) is 5.82 Å². The fourth-order valence-electron chi connectivity index (χ4n) is 10.7. The summed E-state index contributed by atoms with van der Waals surface area (Å²) in [6, 6.07) is 17.9. The number of aromatic amines is 1. The molecule has 65 heavy (non-hydrogen) atoms. The summed E-state index contributed by atoms with van der Waals surface area (Å²) < 4.78 is 59.1. The second kappa shape index (κ2) is 15.0. The maximum absolute atomic E-state index is 15.5. The molecule has 7 aromatic rings. The van der Waals surface area contributed by atoms with E-state index in [4.69, 9.17) is 14.4 Å². The van der Waals surface area contributed by atoms with E-state index in [1.165, 1.54) is 19.0 Å². The first-order chi connectivity index (χ1) is 31.2. The minimum atomic E-state index is -3.39. The predicted molar refractivity (Wildman–Crippen MR) is 240 cm³/mol. The lowest BCUT2D eigenvalue weighted by molar-refractivity contribution is 0.0663. The number of H-pyrrole nitrogens is 1. The van der Waals surface area contributed by atoms with Crippen LogP contribution in [0.4, 0.5) is 10.1 Å². The molecule has 1 aliphatic carbocycles. The van der Waals surface area contributed by atoms with Crippen molar-refractivity contribution in [3.05, 3.63) is 139 Å². The molecule has 3 aliphatic heterocycles. The number of nitrogens with zero attached hydrogens (tertiary/aromatic N) is 8. The fourth-order valence-corrected chi connectivity index (χ4v) is 12.2. The zero-order valence-corrected chi connectivity index (χ0v) is 37.3. The van der Waals surface area contributed by atoms with E-state index in [2.05, 4.69) is 35.3 Å². The molecular weight excluding hydrogens is 854 g/mol. The van der Waals surface area contributed by atoms with Gasteiger partial charge in [0.05, 0.1) is 34.6 Å².